The molecule has 0 bridgehead atoms. The number of ether oxygens (including phenoxy) is 1. The number of methoxy groups -OCH3 is 1. The van der Waals surface area contributed by atoms with E-state index in [-0.39, 0.29) is 0 Å². The van der Waals surface area contributed by atoms with Crippen molar-refractivity contribution in [2.24, 2.45) is 0 Å². The van der Waals surface area contributed by atoms with Gasteiger partial charge in [-0.2, -0.15) is 0 Å². The van der Waals surface area contributed by atoms with E-state index < -0.39 is 0 Å². The Balaban J connectivity index is 2.19. The van der Waals surface area contributed by atoms with Gasteiger partial charge >= 0.3 is 0 Å². The number of hydrogen-bond acceptors (Lipinski definition) is 2. The van der Waals surface area contributed by atoms with Gasteiger partial charge in [0, 0.05) is 11.8 Å². The van der Waals surface area contributed by atoms with Gasteiger partial charge in [-0.05, 0) is 25.1 Å². The summed E-state index contributed by atoms with van der Waals surface area (Å²) in [5, 5.41) is 0. The van der Waals surface area contributed by atoms with Crippen LogP contribution < -0.4 is 4.74 Å². The second kappa shape index (κ2) is 4.18. The molecular formula is C15H14N2O. The highest BCUT2D eigenvalue weighted by molar-refractivity contribution is 5.63. The maximum Gasteiger partial charge on any atom is 0.198 e. The molecule has 3 heteroatoms. The minimum absolute atomic E-state index is 0.791. The minimum Gasteiger partial charge on any atom is -0.482 e. The molecule has 2 heterocycles. The Morgan fingerprint density at radius 3 is 2.72 bits per heavy atom. The van der Waals surface area contributed by atoms with Crippen molar-refractivity contribution < 1.29 is 4.74 Å². The topological polar surface area (TPSA) is 26.5 Å². The molecule has 3 nitrogen and oxygen atoms in total. The number of rotatable bonds is 2. The van der Waals surface area contributed by atoms with Crippen LogP contribution in [0.15, 0.2) is 48.7 Å². The average Bonchev–Trinajstić information content (AvgIpc) is 2.82. The number of aromatic nitrogens is 2. The fourth-order valence-electron chi connectivity index (χ4n) is 2.10. The molecule has 3 aromatic rings. The monoisotopic (exact) mass is 238 g/mol. The molecule has 0 atom stereocenters. The van der Waals surface area contributed by atoms with Crippen LogP contribution in [0.5, 0.6) is 5.88 Å². The van der Waals surface area contributed by atoms with Gasteiger partial charge < -0.3 is 4.74 Å². The van der Waals surface area contributed by atoms with Crippen LogP contribution >= 0.6 is 0 Å². The molecular weight excluding hydrogens is 224 g/mol. The Labute approximate surface area is 106 Å². The van der Waals surface area contributed by atoms with Gasteiger partial charge in [0.25, 0.3) is 0 Å². The van der Waals surface area contributed by atoms with Crippen molar-refractivity contribution in [2.75, 3.05) is 7.11 Å². The van der Waals surface area contributed by atoms with Crippen LogP contribution in [0.25, 0.3) is 16.9 Å². The van der Waals surface area contributed by atoms with Crippen LogP contribution in [0.1, 0.15) is 5.56 Å². The molecule has 0 N–H and O–H groups in total. The molecule has 0 fully saturated rings. The van der Waals surface area contributed by atoms with Gasteiger partial charge in [0.15, 0.2) is 5.88 Å². The molecule has 1 aromatic carbocycles. The lowest BCUT2D eigenvalue weighted by molar-refractivity contribution is 0.392. The van der Waals surface area contributed by atoms with Crippen LogP contribution in [0.2, 0.25) is 0 Å². The number of hydrogen-bond donors (Lipinski definition) is 0. The van der Waals surface area contributed by atoms with Crippen LogP contribution in [-0.4, -0.2) is 16.5 Å². The Kier molecular flexibility index (Phi) is 2.52. The summed E-state index contributed by atoms with van der Waals surface area (Å²) in [5.41, 5.74) is 4.21. The van der Waals surface area contributed by atoms with Gasteiger partial charge in [-0.3, -0.25) is 4.40 Å². The van der Waals surface area contributed by atoms with Gasteiger partial charge in [-0.15, -0.1) is 0 Å². The van der Waals surface area contributed by atoms with E-state index in [1.807, 2.05) is 34.9 Å². The SMILES string of the molecule is COc1cccc2nc(-c3cccc(C)c3)cn12. The van der Waals surface area contributed by atoms with E-state index in [1.165, 1.54) is 5.56 Å². The number of aryl methyl sites for hydroxylation is 1. The van der Waals surface area contributed by atoms with Gasteiger partial charge in [-0.1, -0.05) is 29.8 Å². The first-order valence-corrected chi connectivity index (χ1v) is 5.87. The van der Waals surface area contributed by atoms with E-state index in [2.05, 4.69) is 30.1 Å². The van der Waals surface area contributed by atoms with Crippen LogP contribution in [-0.2, 0) is 0 Å². The van der Waals surface area contributed by atoms with E-state index >= 15 is 0 Å². The van der Waals surface area contributed by atoms with Crippen molar-refractivity contribution in [3.05, 3.63) is 54.2 Å². The zero-order valence-electron chi connectivity index (χ0n) is 10.4. The molecule has 0 radical (unpaired) electrons. The number of benzene rings is 1. The second-order valence-electron chi connectivity index (χ2n) is 4.29. The molecule has 90 valence electrons. The molecule has 3 rings (SSSR count). The van der Waals surface area contributed by atoms with Crippen molar-refractivity contribution in [1.82, 2.24) is 9.38 Å². The van der Waals surface area contributed by atoms with E-state index in [1.54, 1.807) is 7.11 Å². The highest BCUT2D eigenvalue weighted by atomic mass is 16.5. The fourth-order valence-corrected chi connectivity index (χ4v) is 2.10. The average molecular weight is 238 g/mol. The van der Waals surface area contributed by atoms with E-state index in [0.717, 1.165) is 22.8 Å². The Morgan fingerprint density at radius 2 is 1.94 bits per heavy atom. The standard InChI is InChI=1S/C15H14N2O/c1-11-5-3-6-12(9-11)13-10-17-14(16-13)7-4-8-15(17)18-2/h3-10H,1-2H3. The number of fused-ring (bicyclic) bond motifs is 1. The summed E-state index contributed by atoms with van der Waals surface area (Å²) >= 11 is 0. The molecule has 0 spiro atoms. The third kappa shape index (κ3) is 1.74. The smallest absolute Gasteiger partial charge is 0.198 e. The van der Waals surface area contributed by atoms with Gasteiger partial charge in [0.2, 0.25) is 0 Å². The van der Waals surface area contributed by atoms with Crippen LogP contribution in [0.3, 0.4) is 0 Å². The van der Waals surface area contributed by atoms with E-state index in [9.17, 15) is 0 Å². The molecule has 0 aliphatic rings. The number of imidazole rings is 1. The lowest BCUT2D eigenvalue weighted by Gasteiger charge is -2.01. The largest absolute Gasteiger partial charge is 0.482 e. The normalized spacial score (nSPS) is 10.8. The molecule has 0 saturated heterocycles. The molecule has 18 heavy (non-hydrogen) atoms. The van der Waals surface area contributed by atoms with Crippen molar-refractivity contribution in [1.29, 1.82) is 0 Å². The predicted octanol–water partition coefficient (Wildman–Crippen LogP) is 3.32. The van der Waals surface area contributed by atoms with Gasteiger partial charge in [-0.25, -0.2) is 4.98 Å². The predicted molar refractivity (Wildman–Crippen MR) is 71.9 cm³/mol. The summed E-state index contributed by atoms with van der Waals surface area (Å²) < 4.78 is 7.28. The molecule has 2 aromatic heterocycles. The van der Waals surface area contributed by atoms with Crippen molar-refractivity contribution in [2.45, 2.75) is 6.92 Å². The fraction of sp³-hybridized carbons (Fsp3) is 0.133. The third-order valence-corrected chi connectivity index (χ3v) is 2.98. The summed E-state index contributed by atoms with van der Waals surface area (Å²) in [4.78, 5) is 4.62. The van der Waals surface area contributed by atoms with Gasteiger partial charge in [0.05, 0.1) is 12.8 Å². The minimum atomic E-state index is 0.791. The van der Waals surface area contributed by atoms with Gasteiger partial charge in [0.1, 0.15) is 5.65 Å². The lowest BCUT2D eigenvalue weighted by atomic mass is 10.1. The molecule has 0 unspecified atom stereocenters. The Bertz CT molecular complexity index is 701. The summed E-state index contributed by atoms with van der Waals surface area (Å²) in [7, 11) is 1.67. The zero-order valence-corrected chi connectivity index (χ0v) is 10.4. The van der Waals surface area contributed by atoms with E-state index in [0.29, 0.717) is 0 Å². The van der Waals surface area contributed by atoms with Crippen molar-refractivity contribution >= 4 is 5.65 Å². The molecule has 0 amide bonds. The third-order valence-electron chi connectivity index (χ3n) is 2.98. The summed E-state index contributed by atoms with van der Waals surface area (Å²) in [5.74, 6) is 0.791. The summed E-state index contributed by atoms with van der Waals surface area (Å²) in [6.07, 6.45) is 2.00. The number of nitrogens with zero attached hydrogens (tertiary/aromatic N) is 2. The van der Waals surface area contributed by atoms with Crippen molar-refractivity contribution in [3.8, 4) is 17.1 Å². The first-order chi connectivity index (χ1) is 8.78. The maximum absolute atomic E-state index is 5.32. The maximum atomic E-state index is 5.32. The van der Waals surface area contributed by atoms with E-state index in [4.69, 9.17) is 4.74 Å². The Morgan fingerprint density at radius 1 is 1.11 bits per heavy atom. The van der Waals surface area contributed by atoms with Crippen molar-refractivity contribution in [3.63, 3.8) is 0 Å². The lowest BCUT2D eigenvalue weighted by Crippen LogP contribution is -1.91. The molecule has 0 aliphatic carbocycles. The van der Waals surface area contributed by atoms with Crippen LogP contribution in [0.4, 0.5) is 0 Å². The highest BCUT2D eigenvalue weighted by Crippen LogP contribution is 2.23. The highest BCUT2D eigenvalue weighted by Gasteiger charge is 2.07. The zero-order chi connectivity index (χ0) is 12.5. The Hall–Kier alpha value is -2.29. The van der Waals surface area contributed by atoms with Crippen LogP contribution in [0, 0.1) is 6.92 Å². The first-order valence-electron chi connectivity index (χ1n) is 5.87. The summed E-state index contributed by atoms with van der Waals surface area (Å²) in [6.45, 7) is 2.08. The second-order valence-corrected chi connectivity index (χ2v) is 4.29. The summed E-state index contributed by atoms with van der Waals surface area (Å²) in [6, 6.07) is 14.2. The molecule has 0 aliphatic heterocycles. The quantitative estimate of drug-likeness (QED) is 0.684. The molecule has 0 saturated carbocycles. The first kappa shape index (κ1) is 10.8. The number of pyridine rings is 1.